The van der Waals surface area contributed by atoms with E-state index in [4.69, 9.17) is 9.47 Å². The molecule has 0 aliphatic carbocycles. The molecule has 0 fully saturated rings. The highest BCUT2D eigenvalue weighted by atomic mass is 16.5. The molecule has 0 bridgehead atoms. The number of fused-ring (bicyclic) bond motifs is 1. The van der Waals surface area contributed by atoms with Crippen LogP contribution >= 0.6 is 0 Å². The number of carbonyl (C=O) groups is 2. The van der Waals surface area contributed by atoms with Gasteiger partial charge in [-0.1, -0.05) is 6.92 Å². The van der Waals surface area contributed by atoms with Crippen molar-refractivity contribution in [1.29, 1.82) is 0 Å². The fourth-order valence-corrected chi connectivity index (χ4v) is 5.34. The number of carbonyl (C=O) groups excluding carboxylic acids is 2. The molecule has 0 saturated heterocycles. The average molecular weight is 604 g/mol. The third-order valence-electron chi connectivity index (χ3n) is 7.95. The molecule has 10 heteroatoms. The molecule has 4 rings (SSSR count). The number of nitrogens with one attached hydrogen (secondary N) is 1. The van der Waals surface area contributed by atoms with Crippen LogP contribution in [0.15, 0.2) is 67.3 Å². The van der Waals surface area contributed by atoms with Gasteiger partial charge in [-0.3, -0.25) is 24.5 Å². The second-order valence-electron chi connectivity index (χ2n) is 11.8. The molecular formula is C34H45N5O5. The lowest BCUT2D eigenvalue weighted by atomic mass is 10.0. The quantitative estimate of drug-likeness (QED) is 0.382. The van der Waals surface area contributed by atoms with Gasteiger partial charge in [-0.15, -0.1) is 0 Å². The van der Waals surface area contributed by atoms with E-state index in [0.29, 0.717) is 42.3 Å². The predicted octanol–water partition coefficient (Wildman–Crippen LogP) is 4.66. The van der Waals surface area contributed by atoms with E-state index in [0.717, 1.165) is 25.8 Å². The van der Waals surface area contributed by atoms with Crippen LogP contribution in [0.4, 0.5) is 5.69 Å². The van der Waals surface area contributed by atoms with Crippen molar-refractivity contribution in [2.75, 3.05) is 38.7 Å². The van der Waals surface area contributed by atoms with Crippen LogP contribution in [0.5, 0.6) is 5.75 Å². The fourth-order valence-electron chi connectivity index (χ4n) is 5.34. The number of nitrogens with zero attached hydrogens (tertiary/aromatic N) is 4. The first kappa shape index (κ1) is 33.0. The van der Waals surface area contributed by atoms with E-state index >= 15 is 0 Å². The molecule has 1 aliphatic rings. The first-order valence-electron chi connectivity index (χ1n) is 15.4. The number of amides is 2. The third-order valence-corrected chi connectivity index (χ3v) is 7.95. The first-order chi connectivity index (χ1) is 21.2. The molecule has 236 valence electrons. The van der Waals surface area contributed by atoms with E-state index in [2.05, 4.69) is 34.2 Å². The number of aliphatic hydroxyl groups is 1. The predicted molar refractivity (Wildman–Crippen MR) is 170 cm³/mol. The molecule has 0 saturated carbocycles. The summed E-state index contributed by atoms with van der Waals surface area (Å²) < 4.78 is 12.8. The van der Waals surface area contributed by atoms with Gasteiger partial charge in [-0.25, -0.2) is 0 Å². The first-order valence-corrected chi connectivity index (χ1v) is 15.4. The monoisotopic (exact) mass is 603 g/mol. The van der Waals surface area contributed by atoms with E-state index in [1.807, 2.05) is 26.0 Å². The van der Waals surface area contributed by atoms with Crippen molar-refractivity contribution in [3.8, 4) is 5.75 Å². The number of hydrogen-bond acceptors (Lipinski definition) is 8. The van der Waals surface area contributed by atoms with E-state index in [-0.39, 0.29) is 36.5 Å². The summed E-state index contributed by atoms with van der Waals surface area (Å²) in [6, 6.07) is 12.0. The SMILES string of the molecule is C[C@@H]1CN([C@@H](C)CO)C(=O)c2cc(NC(=O)c3ccncc3)ccc2O[C@@H](C)CCCCO[C@@H]1CN(C)Cc1ccncc1. The summed E-state index contributed by atoms with van der Waals surface area (Å²) >= 11 is 0. The molecule has 2 amide bonds. The number of ether oxygens (including phenoxy) is 2. The lowest BCUT2D eigenvalue weighted by Crippen LogP contribution is -2.47. The number of benzene rings is 1. The van der Waals surface area contributed by atoms with Crippen molar-refractivity contribution in [1.82, 2.24) is 19.8 Å². The Morgan fingerprint density at radius 1 is 1.09 bits per heavy atom. The number of rotatable bonds is 8. The van der Waals surface area contributed by atoms with E-state index in [9.17, 15) is 14.7 Å². The largest absolute Gasteiger partial charge is 0.490 e. The van der Waals surface area contributed by atoms with Crippen molar-refractivity contribution in [3.05, 3.63) is 83.9 Å². The van der Waals surface area contributed by atoms with Crippen LogP contribution in [0.25, 0.3) is 0 Å². The molecule has 10 nitrogen and oxygen atoms in total. The molecule has 1 aliphatic heterocycles. The summed E-state index contributed by atoms with van der Waals surface area (Å²) in [5, 5.41) is 13.1. The number of anilines is 1. The molecule has 2 N–H and O–H groups in total. The maximum Gasteiger partial charge on any atom is 0.258 e. The van der Waals surface area contributed by atoms with Gasteiger partial charge in [0.05, 0.1) is 30.4 Å². The molecule has 44 heavy (non-hydrogen) atoms. The van der Waals surface area contributed by atoms with Gasteiger partial charge in [0, 0.05) is 68.2 Å². The number of aromatic nitrogens is 2. The highest BCUT2D eigenvalue weighted by molar-refractivity contribution is 6.05. The molecule has 4 atom stereocenters. The van der Waals surface area contributed by atoms with Gasteiger partial charge >= 0.3 is 0 Å². The second kappa shape index (κ2) is 16.3. The van der Waals surface area contributed by atoms with Gasteiger partial charge in [-0.05, 0) is 88.2 Å². The Morgan fingerprint density at radius 3 is 2.50 bits per heavy atom. The van der Waals surface area contributed by atoms with Crippen LogP contribution in [-0.2, 0) is 11.3 Å². The van der Waals surface area contributed by atoms with Gasteiger partial charge in [0.1, 0.15) is 5.75 Å². The standard InChI is InChI=1S/C34H45N5O5/c1-24-20-39(25(2)23-40)34(42)30-19-29(37-33(41)28-12-16-36-17-13-28)8-9-31(30)44-26(3)7-5-6-18-43-32(24)22-38(4)21-27-10-14-35-15-11-27/h8-17,19,24-26,32,40H,5-7,18,20-23H2,1-4H3,(H,37,41)/t24-,25+,26+,32-/m1/s1. The highest BCUT2D eigenvalue weighted by Gasteiger charge is 2.30. The van der Waals surface area contributed by atoms with Crippen LogP contribution in [0, 0.1) is 5.92 Å². The van der Waals surface area contributed by atoms with Gasteiger partial charge in [-0.2, -0.15) is 0 Å². The van der Waals surface area contributed by atoms with Gasteiger partial charge in [0.25, 0.3) is 11.8 Å². The Hall–Kier alpha value is -3.86. The van der Waals surface area contributed by atoms with Gasteiger partial charge < -0.3 is 24.8 Å². The fraction of sp³-hybridized carbons (Fsp3) is 0.471. The molecule has 0 unspecified atom stereocenters. The van der Waals surface area contributed by atoms with Crippen molar-refractivity contribution in [3.63, 3.8) is 0 Å². The van der Waals surface area contributed by atoms with Crippen LogP contribution < -0.4 is 10.1 Å². The Kier molecular flexibility index (Phi) is 12.2. The lowest BCUT2D eigenvalue weighted by molar-refractivity contribution is -0.0177. The van der Waals surface area contributed by atoms with E-state index in [1.54, 1.807) is 60.0 Å². The van der Waals surface area contributed by atoms with Gasteiger partial charge in [0.15, 0.2) is 0 Å². The summed E-state index contributed by atoms with van der Waals surface area (Å²) in [5.74, 6) is -0.163. The Balaban J connectivity index is 1.61. The summed E-state index contributed by atoms with van der Waals surface area (Å²) in [7, 11) is 2.07. The minimum Gasteiger partial charge on any atom is -0.490 e. The van der Waals surface area contributed by atoms with Crippen molar-refractivity contribution in [2.45, 2.75) is 64.8 Å². The molecule has 1 aromatic carbocycles. The maximum absolute atomic E-state index is 14.3. The van der Waals surface area contributed by atoms with Crippen LogP contribution in [-0.4, -0.2) is 88.3 Å². The van der Waals surface area contributed by atoms with Gasteiger partial charge in [0.2, 0.25) is 0 Å². The Bertz CT molecular complexity index is 1340. The number of aliphatic hydroxyl groups excluding tert-OH is 1. The van der Waals surface area contributed by atoms with Crippen LogP contribution in [0.1, 0.15) is 66.3 Å². The molecule has 0 spiro atoms. The maximum atomic E-state index is 14.3. The number of pyridine rings is 2. The molecule has 3 aromatic rings. The lowest BCUT2D eigenvalue weighted by Gasteiger charge is -2.36. The Morgan fingerprint density at radius 2 is 1.80 bits per heavy atom. The molecule has 2 aromatic heterocycles. The summed E-state index contributed by atoms with van der Waals surface area (Å²) in [5.41, 5.74) is 2.43. The second-order valence-corrected chi connectivity index (χ2v) is 11.8. The summed E-state index contributed by atoms with van der Waals surface area (Å²) in [4.78, 5) is 39.2. The summed E-state index contributed by atoms with van der Waals surface area (Å²) in [6.45, 7) is 8.14. The molecule has 3 heterocycles. The molecule has 0 radical (unpaired) electrons. The minimum atomic E-state index is -0.451. The van der Waals surface area contributed by atoms with Crippen molar-refractivity contribution >= 4 is 17.5 Å². The van der Waals surface area contributed by atoms with Crippen molar-refractivity contribution < 1.29 is 24.2 Å². The zero-order valence-electron chi connectivity index (χ0n) is 26.2. The molecular weight excluding hydrogens is 558 g/mol. The average Bonchev–Trinajstić information content (AvgIpc) is 3.03. The minimum absolute atomic E-state index is 0.0337. The number of hydrogen-bond donors (Lipinski definition) is 2. The summed E-state index contributed by atoms with van der Waals surface area (Å²) in [6.07, 6.45) is 9.05. The Labute approximate surface area is 260 Å². The van der Waals surface area contributed by atoms with Crippen molar-refractivity contribution in [2.24, 2.45) is 5.92 Å². The van der Waals surface area contributed by atoms with E-state index < -0.39 is 6.04 Å². The van der Waals surface area contributed by atoms with Crippen LogP contribution in [0.3, 0.4) is 0 Å². The highest BCUT2D eigenvalue weighted by Crippen LogP contribution is 2.29. The van der Waals surface area contributed by atoms with E-state index in [1.165, 1.54) is 5.56 Å². The van der Waals surface area contributed by atoms with Crippen LogP contribution in [0.2, 0.25) is 0 Å². The zero-order valence-corrected chi connectivity index (χ0v) is 26.2. The normalized spacial score (nSPS) is 20.7. The third kappa shape index (κ3) is 9.32. The number of likely N-dealkylation sites (N-methyl/N-ethyl adjacent to an activating group) is 1. The zero-order chi connectivity index (χ0) is 31.5. The smallest absolute Gasteiger partial charge is 0.258 e. The topological polar surface area (TPSA) is 117 Å².